The van der Waals surface area contributed by atoms with Crippen molar-refractivity contribution in [1.82, 2.24) is 15.3 Å². The van der Waals surface area contributed by atoms with Crippen molar-refractivity contribution in [3.8, 4) is 11.3 Å². The van der Waals surface area contributed by atoms with E-state index in [9.17, 15) is 4.79 Å². The molecular formula is C22H25N5O3. The van der Waals surface area contributed by atoms with Crippen molar-refractivity contribution >= 4 is 23.6 Å². The standard InChI is InChI=1S/C22H25N5O3/c1-4-29-13-16-6-5-14(2)18(9-16)26-21-24-12-19(30-21)17-7-8-20(23-11-17)27-15(3)10-25-22(27)28/h5-9,11-12,15H,4,10,13H2,1-3H3,(H,24,26)(H,25,28). The molecular weight excluding hydrogens is 382 g/mol. The number of carbonyl (C=O) groups is 1. The molecule has 1 fully saturated rings. The summed E-state index contributed by atoms with van der Waals surface area (Å²) in [5.74, 6) is 1.21. The van der Waals surface area contributed by atoms with Crippen LogP contribution in [-0.2, 0) is 11.3 Å². The van der Waals surface area contributed by atoms with Crippen molar-refractivity contribution in [3.05, 3.63) is 53.9 Å². The van der Waals surface area contributed by atoms with Crippen LogP contribution >= 0.6 is 0 Å². The molecule has 0 spiro atoms. The van der Waals surface area contributed by atoms with Crippen LogP contribution in [0.2, 0.25) is 0 Å². The molecule has 1 aliphatic rings. The van der Waals surface area contributed by atoms with Crippen molar-refractivity contribution in [2.45, 2.75) is 33.4 Å². The van der Waals surface area contributed by atoms with Gasteiger partial charge in [-0.1, -0.05) is 12.1 Å². The average Bonchev–Trinajstić information content (AvgIpc) is 3.35. The number of pyridine rings is 1. The van der Waals surface area contributed by atoms with E-state index in [4.69, 9.17) is 9.15 Å². The minimum atomic E-state index is -0.129. The zero-order chi connectivity index (χ0) is 21.1. The molecule has 8 heteroatoms. The Hall–Kier alpha value is -3.39. The summed E-state index contributed by atoms with van der Waals surface area (Å²) in [7, 11) is 0. The fourth-order valence-electron chi connectivity index (χ4n) is 3.31. The second-order valence-electron chi connectivity index (χ2n) is 7.25. The Kier molecular flexibility index (Phi) is 5.67. The lowest BCUT2D eigenvalue weighted by Gasteiger charge is -2.18. The maximum absolute atomic E-state index is 12.0. The Balaban J connectivity index is 1.49. The summed E-state index contributed by atoms with van der Waals surface area (Å²) in [5.41, 5.74) is 3.87. The molecule has 2 aromatic heterocycles. The molecule has 0 radical (unpaired) electrons. The zero-order valence-electron chi connectivity index (χ0n) is 17.3. The molecule has 3 aromatic rings. The van der Waals surface area contributed by atoms with Gasteiger partial charge in [-0.25, -0.2) is 14.8 Å². The lowest BCUT2D eigenvalue weighted by Crippen LogP contribution is -2.32. The first kappa shape index (κ1) is 19.9. The molecule has 2 amide bonds. The number of rotatable bonds is 7. The summed E-state index contributed by atoms with van der Waals surface area (Å²) in [5, 5.41) is 6.04. The largest absolute Gasteiger partial charge is 0.423 e. The third-order valence-electron chi connectivity index (χ3n) is 5.01. The van der Waals surface area contributed by atoms with Gasteiger partial charge in [0.1, 0.15) is 5.82 Å². The predicted molar refractivity (Wildman–Crippen MR) is 115 cm³/mol. The van der Waals surface area contributed by atoms with E-state index in [2.05, 4.69) is 20.6 Å². The van der Waals surface area contributed by atoms with E-state index < -0.39 is 0 Å². The first-order valence-corrected chi connectivity index (χ1v) is 9.98. The third-order valence-corrected chi connectivity index (χ3v) is 5.01. The number of anilines is 3. The molecule has 1 saturated heterocycles. The number of nitrogens with one attached hydrogen (secondary N) is 2. The Morgan fingerprint density at radius 2 is 2.13 bits per heavy atom. The van der Waals surface area contributed by atoms with Crippen LogP contribution in [-0.4, -0.2) is 35.2 Å². The SMILES string of the molecule is CCOCc1ccc(C)c(Nc2ncc(-c3ccc(N4C(=O)NCC4C)nc3)o2)c1. The number of oxazole rings is 1. The minimum Gasteiger partial charge on any atom is -0.423 e. The van der Waals surface area contributed by atoms with E-state index >= 15 is 0 Å². The molecule has 0 bridgehead atoms. The molecule has 3 heterocycles. The van der Waals surface area contributed by atoms with E-state index in [0.717, 1.165) is 22.4 Å². The van der Waals surface area contributed by atoms with Crippen molar-refractivity contribution < 1.29 is 13.9 Å². The lowest BCUT2D eigenvalue weighted by atomic mass is 10.1. The van der Waals surface area contributed by atoms with Crippen molar-refractivity contribution in [3.63, 3.8) is 0 Å². The highest BCUT2D eigenvalue weighted by molar-refractivity contribution is 5.94. The third kappa shape index (κ3) is 4.13. The summed E-state index contributed by atoms with van der Waals surface area (Å²) in [6.07, 6.45) is 3.34. The van der Waals surface area contributed by atoms with Crippen molar-refractivity contribution in [1.29, 1.82) is 0 Å². The number of benzene rings is 1. The van der Waals surface area contributed by atoms with Crippen LogP contribution in [0.15, 0.2) is 47.1 Å². The fourth-order valence-corrected chi connectivity index (χ4v) is 3.31. The molecule has 8 nitrogen and oxygen atoms in total. The van der Waals surface area contributed by atoms with Gasteiger partial charge in [0, 0.05) is 30.6 Å². The molecule has 0 aliphatic carbocycles. The molecule has 0 saturated carbocycles. The molecule has 30 heavy (non-hydrogen) atoms. The molecule has 1 aromatic carbocycles. The quantitative estimate of drug-likeness (QED) is 0.608. The topological polar surface area (TPSA) is 92.5 Å². The second kappa shape index (κ2) is 8.54. The minimum absolute atomic E-state index is 0.0682. The van der Waals surface area contributed by atoms with E-state index in [1.165, 1.54) is 0 Å². The highest BCUT2D eigenvalue weighted by atomic mass is 16.5. The van der Waals surface area contributed by atoms with Crippen LogP contribution in [0.3, 0.4) is 0 Å². The maximum Gasteiger partial charge on any atom is 0.323 e. The molecule has 1 unspecified atom stereocenters. The van der Waals surface area contributed by atoms with Gasteiger partial charge in [0.05, 0.1) is 18.8 Å². The Morgan fingerprint density at radius 3 is 2.83 bits per heavy atom. The molecule has 1 atom stereocenters. The van der Waals surface area contributed by atoms with E-state index in [0.29, 0.717) is 37.4 Å². The number of carbonyl (C=O) groups excluding carboxylic acids is 1. The van der Waals surface area contributed by atoms with Crippen LogP contribution < -0.4 is 15.5 Å². The van der Waals surface area contributed by atoms with E-state index in [1.54, 1.807) is 17.3 Å². The summed E-state index contributed by atoms with van der Waals surface area (Å²) < 4.78 is 11.4. The highest BCUT2D eigenvalue weighted by Gasteiger charge is 2.29. The van der Waals surface area contributed by atoms with Gasteiger partial charge in [-0.2, -0.15) is 0 Å². The first-order chi connectivity index (χ1) is 14.5. The fraction of sp³-hybridized carbons (Fsp3) is 0.318. The number of urea groups is 1. The summed E-state index contributed by atoms with van der Waals surface area (Å²) in [6.45, 7) is 7.83. The number of nitrogens with zero attached hydrogens (tertiary/aromatic N) is 3. The number of aryl methyl sites for hydroxylation is 1. The first-order valence-electron chi connectivity index (χ1n) is 9.98. The summed E-state index contributed by atoms with van der Waals surface area (Å²) in [4.78, 5) is 22.4. The summed E-state index contributed by atoms with van der Waals surface area (Å²) in [6, 6.07) is 10.2. The van der Waals surface area contributed by atoms with Crippen LogP contribution in [0.1, 0.15) is 25.0 Å². The Bertz CT molecular complexity index is 1030. The van der Waals surface area contributed by atoms with Gasteiger partial charge in [0.2, 0.25) is 0 Å². The molecule has 1 aliphatic heterocycles. The van der Waals surface area contributed by atoms with Crippen molar-refractivity contribution in [2.75, 3.05) is 23.4 Å². The monoisotopic (exact) mass is 407 g/mol. The summed E-state index contributed by atoms with van der Waals surface area (Å²) >= 11 is 0. The molecule has 4 rings (SSSR count). The number of hydrogen-bond donors (Lipinski definition) is 2. The number of aromatic nitrogens is 2. The van der Waals surface area contributed by atoms with Gasteiger partial charge < -0.3 is 19.8 Å². The molecule has 156 valence electrons. The lowest BCUT2D eigenvalue weighted by molar-refractivity contribution is 0.134. The Morgan fingerprint density at radius 1 is 1.27 bits per heavy atom. The number of hydrogen-bond acceptors (Lipinski definition) is 6. The van der Waals surface area contributed by atoms with Crippen LogP contribution in [0.5, 0.6) is 0 Å². The van der Waals surface area contributed by atoms with Gasteiger partial charge in [-0.15, -0.1) is 0 Å². The van der Waals surface area contributed by atoms with Gasteiger partial charge in [0.25, 0.3) is 6.01 Å². The van der Waals surface area contributed by atoms with Gasteiger partial charge in [0.15, 0.2) is 5.76 Å². The van der Waals surface area contributed by atoms with Crippen LogP contribution in [0.4, 0.5) is 22.3 Å². The van der Waals surface area contributed by atoms with E-state index in [-0.39, 0.29) is 12.1 Å². The van der Waals surface area contributed by atoms with Crippen molar-refractivity contribution in [2.24, 2.45) is 0 Å². The van der Waals surface area contributed by atoms with E-state index in [1.807, 2.05) is 51.1 Å². The maximum atomic E-state index is 12.0. The molecule has 2 N–H and O–H groups in total. The smallest absolute Gasteiger partial charge is 0.323 e. The average molecular weight is 407 g/mol. The zero-order valence-corrected chi connectivity index (χ0v) is 17.3. The normalized spacial score (nSPS) is 16.0. The van der Waals surface area contributed by atoms with Gasteiger partial charge >= 0.3 is 6.03 Å². The second-order valence-corrected chi connectivity index (χ2v) is 7.25. The Labute approximate surface area is 175 Å². The van der Waals surface area contributed by atoms with Gasteiger partial charge in [-0.05, 0) is 50.1 Å². The number of ether oxygens (including phenoxy) is 1. The van der Waals surface area contributed by atoms with Crippen LogP contribution in [0, 0.1) is 6.92 Å². The predicted octanol–water partition coefficient (Wildman–Crippen LogP) is 4.24. The van der Waals surface area contributed by atoms with Gasteiger partial charge in [-0.3, -0.25) is 4.90 Å². The van der Waals surface area contributed by atoms with Crippen LogP contribution in [0.25, 0.3) is 11.3 Å². The number of amides is 2. The highest BCUT2D eigenvalue weighted by Crippen LogP contribution is 2.27.